The van der Waals surface area contributed by atoms with E-state index in [2.05, 4.69) is 11.9 Å². The van der Waals surface area contributed by atoms with Crippen LogP contribution in [0.2, 0.25) is 0 Å². The Balaban J connectivity index is 2.14. The van der Waals surface area contributed by atoms with Crippen molar-refractivity contribution < 1.29 is 14.6 Å². The fraction of sp³-hybridized carbons (Fsp3) is 0.529. The van der Waals surface area contributed by atoms with Crippen LogP contribution in [-0.2, 0) is 4.79 Å². The molecule has 0 atom stereocenters. The zero-order valence-corrected chi connectivity index (χ0v) is 12.8. The maximum atomic E-state index is 10.4. The lowest BCUT2D eigenvalue weighted by molar-refractivity contribution is -0.131. The molecule has 0 aliphatic heterocycles. The van der Waals surface area contributed by atoms with Crippen LogP contribution in [0.3, 0.4) is 0 Å². The summed E-state index contributed by atoms with van der Waals surface area (Å²) in [5.41, 5.74) is 0.612. The third-order valence-corrected chi connectivity index (χ3v) is 3.17. The van der Waals surface area contributed by atoms with Gasteiger partial charge in [0.2, 0.25) is 0 Å². The lowest BCUT2D eigenvalue weighted by atomic mass is 10.1. The van der Waals surface area contributed by atoms with Crippen LogP contribution >= 0.6 is 0 Å². The Hall–Kier alpha value is -1.84. The van der Waals surface area contributed by atoms with E-state index >= 15 is 0 Å². The summed E-state index contributed by atoms with van der Waals surface area (Å²) >= 11 is 0. The largest absolute Gasteiger partial charge is 0.492 e. The zero-order valence-electron chi connectivity index (χ0n) is 12.8. The predicted octanol–water partition coefficient (Wildman–Crippen LogP) is 4.31. The number of pyridine rings is 1. The normalized spacial score (nSPS) is 10.9. The van der Waals surface area contributed by atoms with E-state index in [0.717, 1.165) is 18.2 Å². The van der Waals surface area contributed by atoms with Crippen molar-refractivity contribution in [2.24, 2.45) is 0 Å². The Kier molecular flexibility index (Phi) is 8.93. The maximum absolute atomic E-state index is 10.4. The number of carboxylic acid groups (broad SMARTS) is 1. The minimum Gasteiger partial charge on any atom is -0.492 e. The molecule has 0 aromatic carbocycles. The Morgan fingerprint density at radius 2 is 1.90 bits per heavy atom. The van der Waals surface area contributed by atoms with E-state index in [1.54, 1.807) is 12.3 Å². The van der Waals surface area contributed by atoms with E-state index in [-0.39, 0.29) is 0 Å². The van der Waals surface area contributed by atoms with Crippen molar-refractivity contribution in [3.05, 3.63) is 30.1 Å². The van der Waals surface area contributed by atoms with Gasteiger partial charge in [0, 0.05) is 6.08 Å². The van der Waals surface area contributed by atoms with E-state index in [1.807, 2.05) is 6.07 Å². The van der Waals surface area contributed by atoms with Crippen LogP contribution in [0, 0.1) is 0 Å². The van der Waals surface area contributed by atoms with Crippen molar-refractivity contribution in [1.82, 2.24) is 4.98 Å². The third kappa shape index (κ3) is 8.84. The minimum absolute atomic E-state index is 0.612. The summed E-state index contributed by atoms with van der Waals surface area (Å²) in [7, 11) is 0. The van der Waals surface area contributed by atoms with E-state index in [1.165, 1.54) is 44.6 Å². The SMILES string of the molecule is CCCCCCCCCOc1ccc(/C=C/C(=O)O)nc1. The molecule has 0 saturated carbocycles. The molecular weight excluding hydrogens is 266 g/mol. The number of carbonyl (C=O) groups is 1. The summed E-state index contributed by atoms with van der Waals surface area (Å²) in [6.07, 6.45) is 13.0. The van der Waals surface area contributed by atoms with Crippen molar-refractivity contribution in [2.75, 3.05) is 6.61 Å². The highest BCUT2D eigenvalue weighted by molar-refractivity contribution is 5.84. The van der Waals surface area contributed by atoms with E-state index in [4.69, 9.17) is 9.84 Å². The highest BCUT2D eigenvalue weighted by atomic mass is 16.5. The molecule has 0 fully saturated rings. The molecule has 0 aliphatic rings. The van der Waals surface area contributed by atoms with Gasteiger partial charge in [-0.3, -0.25) is 4.98 Å². The van der Waals surface area contributed by atoms with E-state index in [9.17, 15) is 4.79 Å². The van der Waals surface area contributed by atoms with Crippen LogP contribution in [-0.4, -0.2) is 22.7 Å². The predicted molar refractivity (Wildman–Crippen MR) is 84.4 cm³/mol. The lowest BCUT2D eigenvalue weighted by Crippen LogP contribution is -1.98. The van der Waals surface area contributed by atoms with Crippen molar-refractivity contribution in [3.63, 3.8) is 0 Å². The molecule has 0 saturated heterocycles. The molecule has 1 aromatic rings. The molecule has 0 aliphatic carbocycles. The number of rotatable bonds is 11. The summed E-state index contributed by atoms with van der Waals surface area (Å²) in [5, 5.41) is 8.52. The number of aromatic nitrogens is 1. The minimum atomic E-state index is -0.976. The maximum Gasteiger partial charge on any atom is 0.328 e. The van der Waals surface area contributed by atoms with Gasteiger partial charge in [-0.2, -0.15) is 0 Å². The zero-order chi connectivity index (χ0) is 15.3. The molecule has 116 valence electrons. The molecule has 0 bridgehead atoms. The monoisotopic (exact) mass is 291 g/mol. The first-order valence-electron chi connectivity index (χ1n) is 7.72. The summed E-state index contributed by atoms with van der Waals surface area (Å²) in [4.78, 5) is 14.5. The first kappa shape index (κ1) is 17.2. The van der Waals surface area contributed by atoms with Crippen LogP contribution in [0.25, 0.3) is 6.08 Å². The van der Waals surface area contributed by atoms with Crippen molar-refractivity contribution in [2.45, 2.75) is 51.9 Å². The first-order valence-corrected chi connectivity index (χ1v) is 7.72. The van der Waals surface area contributed by atoms with Gasteiger partial charge in [0.25, 0.3) is 0 Å². The Morgan fingerprint density at radius 3 is 2.52 bits per heavy atom. The van der Waals surface area contributed by atoms with Crippen LogP contribution in [0.1, 0.15) is 57.6 Å². The molecular formula is C17H25NO3. The second-order valence-corrected chi connectivity index (χ2v) is 5.06. The number of unbranched alkanes of at least 4 members (excludes halogenated alkanes) is 6. The van der Waals surface area contributed by atoms with Crippen molar-refractivity contribution in [3.8, 4) is 5.75 Å². The van der Waals surface area contributed by atoms with E-state index in [0.29, 0.717) is 12.3 Å². The molecule has 21 heavy (non-hydrogen) atoms. The Bertz CT molecular complexity index is 426. The number of carboxylic acids is 1. The van der Waals surface area contributed by atoms with Gasteiger partial charge in [-0.15, -0.1) is 0 Å². The average Bonchev–Trinajstić information content (AvgIpc) is 2.49. The van der Waals surface area contributed by atoms with Gasteiger partial charge in [-0.25, -0.2) is 4.79 Å². The summed E-state index contributed by atoms with van der Waals surface area (Å²) in [6, 6.07) is 3.56. The Labute approximate surface area is 126 Å². The van der Waals surface area contributed by atoms with Crippen molar-refractivity contribution in [1.29, 1.82) is 0 Å². The molecule has 4 nitrogen and oxygen atoms in total. The smallest absolute Gasteiger partial charge is 0.328 e. The van der Waals surface area contributed by atoms with Crippen molar-refractivity contribution >= 4 is 12.0 Å². The Morgan fingerprint density at radius 1 is 1.19 bits per heavy atom. The third-order valence-electron chi connectivity index (χ3n) is 3.17. The van der Waals surface area contributed by atoms with Crippen LogP contribution in [0.15, 0.2) is 24.4 Å². The number of hydrogen-bond donors (Lipinski definition) is 1. The summed E-state index contributed by atoms with van der Waals surface area (Å²) in [5.74, 6) is -0.246. The van der Waals surface area contributed by atoms with Gasteiger partial charge in [0.1, 0.15) is 5.75 Å². The van der Waals surface area contributed by atoms with E-state index < -0.39 is 5.97 Å². The fourth-order valence-electron chi connectivity index (χ4n) is 1.98. The fourth-order valence-corrected chi connectivity index (χ4v) is 1.98. The summed E-state index contributed by atoms with van der Waals surface area (Å²) in [6.45, 7) is 2.93. The lowest BCUT2D eigenvalue weighted by Gasteiger charge is -2.06. The highest BCUT2D eigenvalue weighted by Crippen LogP contribution is 2.12. The van der Waals surface area contributed by atoms with Gasteiger partial charge in [0.05, 0.1) is 18.5 Å². The quantitative estimate of drug-likeness (QED) is 0.487. The summed E-state index contributed by atoms with van der Waals surface area (Å²) < 4.78 is 5.61. The van der Waals surface area contributed by atoms with Gasteiger partial charge in [-0.1, -0.05) is 45.4 Å². The number of hydrogen-bond acceptors (Lipinski definition) is 3. The number of nitrogens with zero attached hydrogens (tertiary/aromatic N) is 1. The molecule has 4 heteroatoms. The van der Waals surface area contributed by atoms with Gasteiger partial charge < -0.3 is 9.84 Å². The molecule has 0 unspecified atom stereocenters. The average molecular weight is 291 g/mol. The topological polar surface area (TPSA) is 59.4 Å². The second-order valence-electron chi connectivity index (χ2n) is 5.06. The highest BCUT2D eigenvalue weighted by Gasteiger charge is 1.96. The molecule has 1 heterocycles. The second kappa shape index (κ2) is 10.9. The molecule has 0 amide bonds. The molecule has 1 aromatic heterocycles. The molecule has 1 N–H and O–H groups in total. The van der Waals surface area contributed by atoms with Crippen LogP contribution in [0.4, 0.5) is 0 Å². The van der Waals surface area contributed by atoms with Gasteiger partial charge in [0.15, 0.2) is 0 Å². The first-order chi connectivity index (χ1) is 10.2. The molecule has 1 rings (SSSR count). The van der Waals surface area contributed by atoms with Gasteiger partial charge in [-0.05, 0) is 24.6 Å². The molecule has 0 radical (unpaired) electrons. The van der Waals surface area contributed by atoms with Gasteiger partial charge >= 0.3 is 5.97 Å². The van der Waals surface area contributed by atoms with Crippen LogP contribution in [0.5, 0.6) is 5.75 Å². The number of aliphatic carboxylic acids is 1. The standard InChI is InChI=1S/C17H25NO3/c1-2-3-4-5-6-7-8-13-21-16-11-9-15(18-14-16)10-12-17(19)20/h9-12,14H,2-8,13H2,1H3,(H,19,20)/b12-10+. The molecule has 0 spiro atoms. The van der Waals surface area contributed by atoms with Crippen LogP contribution < -0.4 is 4.74 Å². The number of ether oxygens (including phenoxy) is 1.